The zero-order valence-electron chi connectivity index (χ0n) is 6.74. The van der Waals surface area contributed by atoms with Crippen LogP contribution in [0.15, 0.2) is 22.7 Å². The lowest BCUT2D eigenvalue weighted by Gasteiger charge is -1.99. The average Bonchev–Trinajstić information content (AvgIpc) is 2.51. The number of hydrogen-bond donors (Lipinski definition) is 1. The third-order valence-electron chi connectivity index (χ3n) is 1.59. The predicted molar refractivity (Wildman–Crippen MR) is 59.7 cm³/mol. The maximum Gasteiger partial charge on any atom is 0.207 e. The molecule has 6 heteroatoms. The average molecular weight is 292 g/mol. The fourth-order valence-corrected chi connectivity index (χ4v) is 2.21. The molecule has 72 valence electrons. The Balaban J connectivity index is 2.52. The van der Waals surface area contributed by atoms with Gasteiger partial charge in [-0.1, -0.05) is 27.3 Å². The van der Waals surface area contributed by atoms with Crippen molar-refractivity contribution in [3.63, 3.8) is 0 Å². The highest BCUT2D eigenvalue weighted by atomic mass is 79.9. The van der Waals surface area contributed by atoms with E-state index in [1.165, 1.54) is 11.3 Å². The summed E-state index contributed by atoms with van der Waals surface area (Å²) in [6.45, 7) is 0. The lowest BCUT2D eigenvalue weighted by molar-refractivity contribution is 0.477. The van der Waals surface area contributed by atoms with Crippen LogP contribution in [0.1, 0.15) is 0 Å². The summed E-state index contributed by atoms with van der Waals surface area (Å²) in [5, 5.41) is 17.7. The molecule has 2 aromatic rings. The molecule has 1 N–H and O–H groups in total. The first-order valence-electron chi connectivity index (χ1n) is 3.65. The number of aromatic hydroxyl groups is 1. The SMILES string of the molecule is Oc1cc(Br)ccc1-c1nnc(Cl)s1. The van der Waals surface area contributed by atoms with Gasteiger partial charge in [0.1, 0.15) is 5.75 Å². The minimum atomic E-state index is 0.159. The zero-order chi connectivity index (χ0) is 10.1. The van der Waals surface area contributed by atoms with E-state index in [-0.39, 0.29) is 5.75 Å². The highest BCUT2D eigenvalue weighted by Gasteiger charge is 2.09. The Labute approximate surface area is 97.5 Å². The maximum atomic E-state index is 9.62. The van der Waals surface area contributed by atoms with Crippen LogP contribution in [0.3, 0.4) is 0 Å². The number of phenolic OH excluding ortho intramolecular Hbond substituents is 1. The summed E-state index contributed by atoms with van der Waals surface area (Å²) in [6.07, 6.45) is 0. The number of benzene rings is 1. The second-order valence-electron chi connectivity index (χ2n) is 2.52. The Morgan fingerprint density at radius 3 is 2.71 bits per heavy atom. The van der Waals surface area contributed by atoms with E-state index in [1.807, 2.05) is 6.07 Å². The zero-order valence-corrected chi connectivity index (χ0v) is 9.90. The topological polar surface area (TPSA) is 46.0 Å². The van der Waals surface area contributed by atoms with Crippen molar-refractivity contribution in [3.8, 4) is 16.3 Å². The van der Waals surface area contributed by atoms with Gasteiger partial charge in [-0.15, -0.1) is 10.2 Å². The monoisotopic (exact) mass is 290 g/mol. The van der Waals surface area contributed by atoms with Gasteiger partial charge in [0.25, 0.3) is 0 Å². The molecule has 0 fully saturated rings. The van der Waals surface area contributed by atoms with E-state index in [2.05, 4.69) is 26.1 Å². The quantitative estimate of drug-likeness (QED) is 0.876. The van der Waals surface area contributed by atoms with Crippen LogP contribution >= 0.6 is 38.9 Å². The number of aromatic nitrogens is 2. The van der Waals surface area contributed by atoms with Gasteiger partial charge in [0, 0.05) is 4.47 Å². The molecule has 0 aliphatic carbocycles. The van der Waals surface area contributed by atoms with E-state index < -0.39 is 0 Å². The molecule has 1 aromatic heterocycles. The van der Waals surface area contributed by atoms with Crippen molar-refractivity contribution < 1.29 is 5.11 Å². The molecular weight excluding hydrogens is 288 g/mol. The van der Waals surface area contributed by atoms with Gasteiger partial charge in [-0.25, -0.2) is 0 Å². The Bertz CT molecular complexity index is 474. The van der Waals surface area contributed by atoms with Gasteiger partial charge < -0.3 is 5.11 Å². The number of hydrogen-bond acceptors (Lipinski definition) is 4. The Kier molecular flexibility index (Phi) is 2.71. The van der Waals surface area contributed by atoms with Crippen molar-refractivity contribution in [2.45, 2.75) is 0 Å². The normalized spacial score (nSPS) is 10.4. The summed E-state index contributed by atoms with van der Waals surface area (Å²) >= 11 is 10.1. The summed E-state index contributed by atoms with van der Waals surface area (Å²) in [4.78, 5) is 0. The van der Waals surface area contributed by atoms with Gasteiger partial charge in [0.2, 0.25) is 4.47 Å². The van der Waals surface area contributed by atoms with Gasteiger partial charge >= 0.3 is 0 Å². The van der Waals surface area contributed by atoms with Crippen LogP contribution in [0.25, 0.3) is 10.6 Å². The van der Waals surface area contributed by atoms with Crippen LogP contribution in [-0.2, 0) is 0 Å². The molecular formula is C8H4BrClN2OS. The van der Waals surface area contributed by atoms with E-state index in [0.717, 1.165) is 4.47 Å². The van der Waals surface area contributed by atoms with E-state index in [0.29, 0.717) is 15.0 Å². The van der Waals surface area contributed by atoms with Crippen molar-refractivity contribution in [3.05, 3.63) is 27.1 Å². The highest BCUT2D eigenvalue weighted by molar-refractivity contribution is 9.10. The number of halogens is 2. The van der Waals surface area contributed by atoms with Crippen molar-refractivity contribution in [1.29, 1.82) is 0 Å². The first kappa shape index (κ1) is 9.89. The molecule has 0 aliphatic rings. The summed E-state index contributed by atoms with van der Waals surface area (Å²) in [6, 6.07) is 5.19. The van der Waals surface area contributed by atoms with E-state index >= 15 is 0 Å². The smallest absolute Gasteiger partial charge is 0.207 e. The predicted octanol–water partition coefficient (Wildman–Crippen LogP) is 3.33. The molecule has 0 radical (unpaired) electrons. The van der Waals surface area contributed by atoms with Crippen molar-refractivity contribution >= 4 is 38.9 Å². The molecule has 3 nitrogen and oxygen atoms in total. The third kappa shape index (κ3) is 1.89. The van der Waals surface area contributed by atoms with Crippen LogP contribution < -0.4 is 0 Å². The van der Waals surface area contributed by atoms with Crippen LogP contribution in [0.2, 0.25) is 4.47 Å². The van der Waals surface area contributed by atoms with Gasteiger partial charge in [-0.3, -0.25) is 0 Å². The molecule has 0 spiro atoms. The summed E-state index contributed by atoms with van der Waals surface area (Å²) in [5.74, 6) is 0.159. The standard InChI is InChI=1S/C8H4BrClN2OS/c9-4-1-2-5(6(13)3-4)7-11-12-8(10)14-7/h1-3,13H. The minimum Gasteiger partial charge on any atom is -0.507 e. The lowest BCUT2D eigenvalue weighted by Crippen LogP contribution is -1.78. The molecule has 14 heavy (non-hydrogen) atoms. The van der Waals surface area contributed by atoms with Gasteiger partial charge in [0.15, 0.2) is 5.01 Å². The molecule has 2 rings (SSSR count). The maximum absolute atomic E-state index is 9.62. The molecule has 0 atom stereocenters. The molecule has 0 bridgehead atoms. The second-order valence-corrected chi connectivity index (χ2v) is 5.00. The van der Waals surface area contributed by atoms with Gasteiger partial charge in [-0.2, -0.15) is 0 Å². The van der Waals surface area contributed by atoms with Crippen LogP contribution in [0.4, 0.5) is 0 Å². The molecule has 0 unspecified atom stereocenters. The summed E-state index contributed by atoms with van der Waals surface area (Å²) in [7, 11) is 0. The molecule has 1 heterocycles. The summed E-state index contributed by atoms with van der Waals surface area (Å²) in [5.41, 5.74) is 0.637. The van der Waals surface area contributed by atoms with Gasteiger partial charge in [0.05, 0.1) is 5.56 Å². The summed E-state index contributed by atoms with van der Waals surface area (Å²) < 4.78 is 1.18. The van der Waals surface area contributed by atoms with Crippen molar-refractivity contribution in [2.75, 3.05) is 0 Å². The first-order valence-corrected chi connectivity index (χ1v) is 5.63. The largest absolute Gasteiger partial charge is 0.507 e. The van der Waals surface area contributed by atoms with E-state index in [4.69, 9.17) is 11.6 Å². The van der Waals surface area contributed by atoms with Crippen LogP contribution in [0.5, 0.6) is 5.75 Å². The molecule has 0 saturated carbocycles. The Morgan fingerprint density at radius 1 is 1.36 bits per heavy atom. The molecule has 1 aromatic carbocycles. The van der Waals surface area contributed by atoms with E-state index in [9.17, 15) is 5.11 Å². The van der Waals surface area contributed by atoms with E-state index in [1.54, 1.807) is 12.1 Å². The molecule has 0 amide bonds. The lowest BCUT2D eigenvalue weighted by atomic mass is 10.2. The first-order chi connectivity index (χ1) is 6.66. The highest BCUT2D eigenvalue weighted by Crippen LogP contribution is 2.34. The Hall–Kier alpha value is -0.650. The van der Waals surface area contributed by atoms with Crippen LogP contribution in [0, 0.1) is 0 Å². The number of rotatable bonds is 1. The van der Waals surface area contributed by atoms with Gasteiger partial charge in [-0.05, 0) is 29.8 Å². The Morgan fingerprint density at radius 2 is 2.14 bits per heavy atom. The third-order valence-corrected chi connectivity index (χ3v) is 3.14. The minimum absolute atomic E-state index is 0.159. The number of nitrogens with zero attached hydrogens (tertiary/aromatic N) is 2. The number of phenols is 1. The molecule has 0 saturated heterocycles. The second kappa shape index (κ2) is 3.84. The molecule has 0 aliphatic heterocycles. The fraction of sp³-hybridized carbons (Fsp3) is 0. The fourth-order valence-electron chi connectivity index (χ4n) is 1.000. The van der Waals surface area contributed by atoms with Crippen LogP contribution in [-0.4, -0.2) is 15.3 Å². The van der Waals surface area contributed by atoms with Crippen molar-refractivity contribution in [1.82, 2.24) is 10.2 Å². The van der Waals surface area contributed by atoms with Crippen molar-refractivity contribution in [2.24, 2.45) is 0 Å².